The van der Waals surface area contributed by atoms with Gasteiger partial charge in [-0.1, -0.05) is 18.9 Å². The Kier molecular flexibility index (Phi) is 7.62. The van der Waals surface area contributed by atoms with Gasteiger partial charge in [-0.15, -0.1) is 0 Å². The van der Waals surface area contributed by atoms with Gasteiger partial charge in [0.1, 0.15) is 11.9 Å². The van der Waals surface area contributed by atoms with Crippen LogP contribution in [0.25, 0.3) is 10.9 Å². The number of nitrogens with one attached hydrogen (secondary N) is 2. The first-order valence-corrected chi connectivity index (χ1v) is 11.7. The molecule has 0 aliphatic heterocycles. The fraction of sp³-hybridized carbons (Fsp3) is 0.400. The number of nitrogens with two attached hydrogens (primary N) is 2. The molecule has 3 aromatic rings. The summed E-state index contributed by atoms with van der Waals surface area (Å²) in [6, 6.07) is 10.1. The number of anilines is 3. The number of hydrogen-bond acceptors (Lipinski definition) is 8. The van der Waals surface area contributed by atoms with Gasteiger partial charge in [0, 0.05) is 36.3 Å². The van der Waals surface area contributed by atoms with Gasteiger partial charge in [-0.25, -0.2) is 14.4 Å². The molecule has 1 unspecified atom stereocenters. The molecule has 0 bridgehead atoms. The maximum absolute atomic E-state index is 14.8. The van der Waals surface area contributed by atoms with Crippen molar-refractivity contribution in [3.05, 3.63) is 47.8 Å². The summed E-state index contributed by atoms with van der Waals surface area (Å²) in [5.74, 6) is -0.809. The molecule has 1 saturated carbocycles. The van der Waals surface area contributed by atoms with Crippen molar-refractivity contribution in [3.8, 4) is 5.88 Å². The third-order valence-electron chi connectivity index (χ3n) is 6.04. The van der Waals surface area contributed by atoms with Gasteiger partial charge in [0.2, 0.25) is 5.88 Å². The molecule has 2 aromatic heterocycles. The van der Waals surface area contributed by atoms with Crippen LogP contribution in [0.5, 0.6) is 5.88 Å². The minimum absolute atomic E-state index is 0.0292. The van der Waals surface area contributed by atoms with Gasteiger partial charge in [0.15, 0.2) is 11.6 Å². The number of aromatic nitrogens is 2. The maximum atomic E-state index is 14.8. The summed E-state index contributed by atoms with van der Waals surface area (Å²) in [7, 11) is 1.61. The number of nitrogens with zero attached hydrogens (tertiary/aromatic N) is 2. The molecule has 3 atom stereocenters. The summed E-state index contributed by atoms with van der Waals surface area (Å²) in [5, 5.41) is 7.11. The molecular weight excluding hydrogens is 451 g/mol. The Morgan fingerprint density at radius 2 is 1.94 bits per heavy atom. The van der Waals surface area contributed by atoms with Gasteiger partial charge in [-0.3, -0.25) is 4.79 Å². The lowest BCUT2D eigenvalue weighted by atomic mass is 9.91. The monoisotopic (exact) mass is 482 g/mol. The normalized spacial score (nSPS) is 18.7. The Morgan fingerprint density at radius 3 is 2.69 bits per heavy atom. The molecule has 186 valence electrons. The van der Waals surface area contributed by atoms with Crippen LogP contribution in [0.3, 0.4) is 0 Å². The van der Waals surface area contributed by atoms with Crippen molar-refractivity contribution in [1.29, 1.82) is 0 Å². The lowest BCUT2D eigenvalue weighted by Gasteiger charge is -2.30. The van der Waals surface area contributed by atoms with Crippen molar-refractivity contribution in [1.82, 2.24) is 9.97 Å². The minimum Gasteiger partial charge on any atom is -0.472 e. The lowest BCUT2D eigenvalue weighted by molar-refractivity contribution is 0.0892. The molecule has 6 N–H and O–H groups in total. The average molecular weight is 483 g/mol. The number of primary amides is 1. The molecule has 9 nitrogen and oxygen atoms in total. The highest BCUT2D eigenvalue weighted by atomic mass is 19.1. The third kappa shape index (κ3) is 5.95. The summed E-state index contributed by atoms with van der Waals surface area (Å²) in [6.07, 6.45) is 3.60. The smallest absolute Gasteiger partial charge is 0.252 e. The first kappa shape index (κ1) is 24.6. The minimum atomic E-state index is -0.790. The van der Waals surface area contributed by atoms with E-state index in [1.165, 1.54) is 0 Å². The van der Waals surface area contributed by atoms with Crippen LogP contribution in [0.1, 0.15) is 43.0 Å². The average Bonchev–Trinajstić information content (AvgIpc) is 2.82. The Balaban J connectivity index is 1.62. The van der Waals surface area contributed by atoms with Crippen molar-refractivity contribution < 1.29 is 18.7 Å². The predicted octanol–water partition coefficient (Wildman–Crippen LogP) is 3.71. The Hall–Kier alpha value is -3.50. The number of benzene rings is 1. The lowest BCUT2D eigenvalue weighted by Crippen LogP contribution is -2.43. The molecule has 4 rings (SSSR count). The number of methoxy groups -OCH3 is 1. The van der Waals surface area contributed by atoms with Crippen LogP contribution in [0, 0.1) is 5.82 Å². The topological polar surface area (TPSA) is 137 Å². The van der Waals surface area contributed by atoms with Gasteiger partial charge in [-0.05, 0) is 44.0 Å². The van der Waals surface area contributed by atoms with E-state index < -0.39 is 11.7 Å². The second kappa shape index (κ2) is 10.8. The third-order valence-corrected chi connectivity index (χ3v) is 6.04. The van der Waals surface area contributed by atoms with E-state index in [0.29, 0.717) is 23.7 Å². The summed E-state index contributed by atoms with van der Waals surface area (Å²) in [6.45, 7) is 2.33. The molecule has 0 spiro atoms. The van der Waals surface area contributed by atoms with E-state index in [-0.39, 0.29) is 35.4 Å². The SMILES string of the molecule is COCC(C)Oc1ccc2ccc(Nc3nc(N[C@@H]4CCCC[C@@H]4N)c(F)cc3C(N)=O)cc2n1. The van der Waals surface area contributed by atoms with Crippen molar-refractivity contribution in [2.45, 2.75) is 50.8 Å². The first-order valence-electron chi connectivity index (χ1n) is 11.7. The van der Waals surface area contributed by atoms with Crippen LogP contribution in [-0.4, -0.2) is 47.8 Å². The van der Waals surface area contributed by atoms with E-state index in [0.717, 1.165) is 37.1 Å². The molecular formula is C25H31FN6O3. The van der Waals surface area contributed by atoms with E-state index in [9.17, 15) is 9.18 Å². The van der Waals surface area contributed by atoms with Gasteiger partial charge < -0.3 is 31.6 Å². The standard InChI is InChI=1S/C25H31FN6O3/c1-14(13-34-2)35-22-10-8-15-7-9-16(11-21(15)30-22)29-24-17(23(28)33)12-18(26)25(32-24)31-20-6-4-3-5-19(20)27/h7-12,14,19-20H,3-6,13,27H2,1-2H3,(H2,28,33)(H2,29,31,32)/t14?,19-,20+/m0/s1. The Labute approximate surface area is 203 Å². The van der Waals surface area contributed by atoms with E-state index in [1.807, 2.05) is 25.1 Å². The number of carbonyl (C=O) groups is 1. The van der Waals surface area contributed by atoms with E-state index in [4.69, 9.17) is 20.9 Å². The number of ether oxygens (including phenoxy) is 2. The van der Waals surface area contributed by atoms with Crippen molar-refractivity contribution in [2.24, 2.45) is 11.5 Å². The number of halogens is 1. The number of hydrogen-bond donors (Lipinski definition) is 4. The van der Waals surface area contributed by atoms with Crippen LogP contribution in [0.2, 0.25) is 0 Å². The zero-order valence-electron chi connectivity index (χ0n) is 19.9. The number of fused-ring (bicyclic) bond motifs is 1. The van der Waals surface area contributed by atoms with Gasteiger partial charge in [0.05, 0.1) is 17.7 Å². The van der Waals surface area contributed by atoms with Crippen LogP contribution >= 0.6 is 0 Å². The number of rotatable bonds is 9. The van der Waals surface area contributed by atoms with Gasteiger partial charge >= 0.3 is 0 Å². The quantitative estimate of drug-likeness (QED) is 0.362. The summed E-state index contributed by atoms with van der Waals surface area (Å²) < 4.78 is 25.7. The van der Waals surface area contributed by atoms with Crippen molar-refractivity contribution in [3.63, 3.8) is 0 Å². The number of carbonyl (C=O) groups excluding carboxylic acids is 1. The molecule has 2 heterocycles. The predicted molar refractivity (Wildman–Crippen MR) is 134 cm³/mol. The molecule has 35 heavy (non-hydrogen) atoms. The summed E-state index contributed by atoms with van der Waals surface area (Å²) >= 11 is 0. The molecule has 1 aliphatic rings. The molecule has 0 saturated heterocycles. The molecule has 0 radical (unpaired) electrons. The zero-order chi connectivity index (χ0) is 24.9. The van der Waals surface area contributed by atoms with Crippen molar-refractivity contribution in [2.75, 3.05) is 24.4 Å². The van der Waals surface area contributed by atoms with Gasteiger partial charge in [-0.2, -0.15) is 0 Å². The fourth-order valence-electron chi connectivity index (χ4n) is 4.24. The second-order valence-corrected chi connectivity index (χ2v) is 8.84. The van der Waals surface area contributed by atoms with Crippen LogP contribution in [0.4, 0.5) is 21.7 Å². The second-order valence-electron chi connectivity index (χ2n) is 8.84. The Morgan fingerprint density at radius 1 is 1.17 bits per heavy atom. The van der Waals surface area contributed by atoms with Crippen LogP contribution < -0.4 is 26.8 Å². The highest BCUT2D eigenvalue weighted by molar-refractivity contribution is 5.99. The number of pyridine rings is 2. The molecule has 1 amide bonds. The molecule has 1 aliphatic carbocycles. The first-order chi connectivity index (χ1) is 16.8. The summed E-state index contributed by atoms with van der Waals surface area (Å²) in [5.41, 5.74) is 12.9. The molecule has 1 aromatic carbocycles. The maximum Gasteiger partial charge on any atom is 0.252 e. The largest absolute Gasteiger partial charge is 0.472 e. The van der Waals surface area contributed by atoms with Crippen LogP contribution in [0.15, 0.2) is 36.4 Å². The molecule has 1 fully saturated rings. The summed E-state index contributed by atoms with van der Waals surface area (Å²) in [4.78, 5) is 20.9. The highest BCUT2D eigenvalue weighted by Crippen LogP contribution is 2.28. The zero-order valence-corrected chi connectivity index (χ0v) is 19.9. The van der Waals surface area contributed by atoms with E-state index >= 15 is 0 Å². The van der Waals surface area contributed by atoms with Crippen LogP contribution in [-0.2, 0) is 4.74 Å². The van der Waals surface area contributed by atoms with E-state index in [1.54, 1.807) is 19.2 Å². The van der Waals surface area contributed by atoms with Gasteiger partial charge in [0.25, 0.3) is 5.91 Å². The highest BCUT2D eigenvalue weighted by Gasteiger charge is 2.24. The number of amides is 1. The van der Waals surface area contributed by atoms with Crippen molar-refractivity contribution >= 4 is 34.1 Å². The Bertz CT molecular complexity index is 1210. The fourth-order valence-corrected chi connectivity index (χ4v) is 4.24. The van der Waals surface area contributed by atoms with E-state index in [2.05, 4.69) is 20.6 Å². The molecule has 10 heteroatoms.